The van der Waals surface area contributed by atoms with E-state index in [0.29, 0.717) is 5.66 Å². The van der Waals surface area contributed by atoms with E-state index in [1.807, 2.05) is 0 Å². The molecule has 0 fully saturated rings. The van der Waals surface area contributed by atoms with Crippen LogP contribution in [0.3, 0.4) is 0 Å². The van der Waals surface area contributed by atoms with E-state index in [4.69, 9.17) is 0 Å². The fourth-order valence-corrected chi connectivity index (χ4v) is 9.15. The second-order valence-corrected chi connectivity index (χ2v) is 11.3. The van der Waals surface area contributed by atoms with Crippen LogP contribution in [-0.2, 0) is 6.42 Å². The molecule has 4 aromatic rings. The highest BCUT2D eigenvalue weighted by molar-refractivity contribution is 7.95. The van der Waals surface area contributed by atoms with Gasteiger partial charge in [-0.1, -0.05) is 85.8 Å². The maximum atomic E-state index is 2.42. The lowest BCUT2D eigenvalue weighted by atomic mass is 10.1. The predicted molar refractivity (Wildman–Crippen MR) is 129 cm³/mol. The number of benzene rings is 4. The summed E-state index contributed by atoms with van der Waals surface area (Å²) in [6, 6.07) is 42.7. The lowest BCUT2D eigenvalue weighted by Crippen LogP contribution is -2.34. The molecule has 0 aliphatic heterocycles. The van der Waals surface area contributed by atoms with Crippen LogP contribution in [0.1, 0.15) is 30.6 Å². The molecule has 0 amide bonds. The zero-order valence-corrected chi connectivity index (χ0v) is 18.1. The smallest absolute Gasteiger partial charge is 0.0620 e. The number of hydrogen-bond acceptors (Lipinski definition) is 0. The molecule has 0 bridgehead atoms. The Labute approximate surface area is 175 Å². The van der Waals surface area contributed by atoms with Gasteiger partial charge in [0.2, 0.25) is 0 Å². The van der Waals surface area contributed by atoms with E-state index in [9.17, 15) is 0 Å². The summed E-state index contributed by atoms with van der Waals surface area (Å²) in [4.78, 5) is 0. The first kappa shape index (κ1) is 19.6. The van der Waals surface area contributed by atoms with E-state index >= 15 is 0 Å². The van der Waals surface area contributed by atoms with Crippen molar-refractivity contribution in [1.82, 2.24) is 0 Å². The van der Waals surface area contributed by atoms with Gasteiger partial charge in [0.1, 0.15) is 28.8 Å². The van der Waals surface area contributed by atoms with Crippen molar-refractivity contribution < 1.29 is 0 Å². The summed E-state index contributed by atoms with van der Waals surface area (Å²) in [6.07, 6.45) is 1.07. The van der Waals surface area contributed by atoms with Gasteiger partial charge in [-0.25, -0.2) is 0 Å². The molecule has 0 saturated heterocycles. The van der Waals surface area contributed by atoms with Gasteiger partial charge in [0.05, 0.1) is 0 Å². The summed E-state index contributed by atoms with van der Waals surface area (Å²) in [6.45, 7) is 4.63. The molecule has 144 valence electrons. The van der Waals surface area contributed by atoms with E-state index in [1.54, 1.807) is 0 Å². The molecule has 0 spiro atoms. The van der Waals surface area contributed by atoms with Gasteiger partial charge in [0, 0.05) is 0 Å². The Morgan fingerprint density at radius 1 is 0.552 bits per heavy atom. The number of hydrogen-bond donors (Lipinski definition) is 0. The second-order valence-electron chi connectivity index (χ2n) is 7.50. The molecule has 0 radical (unpaired) electrons. The Morgan fingerprint density at radius 3 is 1.28 bits per heavy atom. The van der Waals surface area contributed by atoms with Crippen molar-refractivity contribution in [3.8, 4) is 0 Å². The molecule has 1 atom stereocenters. The van der Waals surface area contributed by atoms with Crippen LogP contribution in [0.25, 0.3) is 0 Å². The lowest BCUT2D eigenvalue weighted by Gasteiger charge is -2.33. The third kappa shape index (κ3) is 3.66. The van der Waals surface area contributed by atoms with Crippen molar-refractivity contribution in [2.75, 3.05) is 0 Å². The average Bonchev–Trinajstić information content (AvgIpc) is 2.82. The molecular formula is C28H28P+. The Balaban J connectivity index is 2.01. The molecule has 4 rings (SSSR count). The third-order valence-corrected chi connectivity index (χ3v) is 10.7. The minimum Gasteiger partial charge on any atom is -0.0620 e. The summed E-state index contributed by atoms with van der Waals surface area (Å²) in [7, 11) is -1.89. The molecule has 0 aliphatic rings. The van der Waals surface area contributed by atoms with Gasteiger partial charge < -0.3 is 0 Å². The highest BCUT2D eigenvalue weighted by Crippen LogP contribution is 2.66. The SMILES string of the molecule is CCc1ccc(C(C)[P+](c2ccccc2)(c2ccccc2)c2ccccc2)cc1. The average molecular weight is 396 g/mol. The van der Waals surface area contributed by atoms with Crippen molar-refractivity contribution in [2.24, 2.45) is 0 Å². The molecule has 0 saturated carbocycles. The quantitative estimate of drug-likeness (QED) is 0.336. The normalized spacial score (nSPS) is 12.5. The van der Waals surface area contributed by atoms with Crippen molar-refractivity contribution in [1.29, 1.82) is 0 Å². The summed E-state index contributed by atoms with van der Waals surface area (Å²) in [5, 5.41) is 4.30. The monoisotopic (exact) mass is 395 g/mol. The lowest BCUT2D eigenvalue weighted by molar-refractivity contribution is 1.06. The summed E-state index contributed by atoms with van der Waals surface area (Å²) in [5.41, 5.74) is 3.18. The fraction of sp³-hybridized carbons (Fsp3) is 0.143. The van der Waals surface area contributed by atoms with Gasteiger partial charge in [0.25, 0.3) is 0 Å². The minimum atomic E-state index is -1.89. The first-order chi connectivity index (χ1) is 14.3. The molecule has 0 nitrogen and oxygen atoms in total. The maximum absolute atomic E-state index is 2.42. The van der Waals surface area contributed by atoms with Crippen LogP contribution in [-0.4, -0.2) is 0 Å². The van der Waals surface area contributed by atoms with E-state index < -0.39 is 7.26 Å². The van der Waals surface area contributed by atoms with Crippen LogP contribution in [0, 0.1) is 0 Å². The van der Waals surface area contributed by atoms with E-state index in [2.05, 4.69) is 129 Å². The molecule has 1 unspecified atom stereocenters. The highest BCUT2D eigenvalue weighted by Gasteiger charge is 2.50. The van der Waals surface area contributed by atoms with Crippen LogP contribution in [0.15, 0.2) is 115 Å². The number of aryl methyl sites for hydroxylation is 1. The van der Waals surface area contributed by atoms with Gasteiger partial charge in [-0.15, -0.1) is 0 Å². The van der Waals surface area contributed by atoms with Gasteiger partial charge in [-0.05, 0) is 60.9 Å². The third-order valence-electron chi connectivity index (χ3n) is 5.94. The van der Waals surface area contributed by atoms with Crippen molar-refractivity contribution in [2.45, 2.75) is 25.9 Å². The highest BCUT2D eigenvalue weighted by atomic mass is 31.2. The Kier molecular flexibility index (Phi) is 5.93. The van der Waals surface area contributed by atoms with E-state index in [-0.39, 0.29) is 0 Å². The summed E-state index contributed by atoms with van der Waals surface area (Å²) < 4.78 is 0. The molecule has 4 aromatic carbocycles. The van der Waals surface area contributed by atoms with E-state index in [0.717, 1.165) is 6.42 Å². The maximum Gasteiger partial charge on any atom is 0.119 e. The van der Waals surface area contributed by atoms with Crippen LogP contribution in [0.5, 0.6) is 0 Å². The zero-order valence-electron chi connectivity index (χ0n) is 17.2. The molecule has 0 N–H and O–H groups in total. The molecule has 1 heteroatoms. The van der Waals surface area contributed by atoms with Gasteiger partial charge in [0.15, 0.2) is 0 Å². The summed E-state index contributed by atoms with van der Waals surface area (Å²) >= 11 is 0. The van der Waals surface area contributed by atoms with Crippen molar-refractivity contribution in [3.63, 3.8) is 0 Å². The van der Waals surface area contributed by atoms with E-state index in [1.165, 1.54) is 27.0 Å². The van der Waals surface area contributed by atoms with Gasteiger partial charge >= 0.3 is 0 Å². The van der Waals surface area contributed by atoms with Crippen LogP contribution in [0.4, 0.5) is 0 Å². The first-order valence-electron chi connectivity index (χ1n) is 10.4. The molecular weight excluding hydrogens is 367 g/mol. The molecule has 0 aromatic heterocycles. The van der Waals surface area contributed by atoms with Crippen molar-refractivity contribution >= 4 is 23.2 Å². The topological polar surface area (TPSA) is 0 Å². The standard InChI is InChI=1S/C28H28P/c1-3-24-19-21-25(22-20-24)23(2)29(26-13-7-4-8-14-26,27-15-9-5-10-16-27)28-17-11-6-12-18-28/h4-23H,3H2,1-2H3/q+1. The summed E-state index contributed by atoms with van der Waals surface area (Å²) in [5.74, 6) is 0. The van der Waals surface area contributed by atoms with Crippen LogP contribution in [0.2, 0.25) is 0 Å². The number of rotatable bonds is 6. The molecule has 29 heavy (non-hydrogen) atoms. The van der Waals surface area contributed by atoms with Crippen LogP contribution < -0.4 is 15.9 Å². The van der Waals surface area contributed by atoms with Gasteiger partial charge in [-0.3, -0.25) is 0 Å². The largest absolute Gasteiger partial charge is 0.119 e. The first-order valence-corrected chi connectivity index (χ1v) is 12.3. The molecule has 0 heterocycles. The Morgan fingerprint density at radius 2 is 0.931 bits per heavy atom. The van der Waals surface area contributed by atoms with Crippen LogP contribution >= 0.6 is 7.26 Å². The predicted octanol–water partition coefficient (Wildman–Crippen LogP) is 6.30. The minimum absolute atomic E-state index is 0.376. The second kappa shape index (κ2) is 8.76. The zero-order chi connectivity index (χ0) is 20.1. The Bertz CT molecular complexity index is 925. The Hall–Kier alpha value is -2.69. The fourth-order valence-electron chi connectivity index (χ4n) is 4.36. The van der Waals surface area contributed by atoms with Gasteiger partial charge in [-0.2, -0.15) is 0 Å². The van der Waals surface area contributed by atoms with Crippen molar-refractivity contribution in [3.05, 3.63) is 126 Å². The molecule has 0 aliphatic carbocycles.